The van der Waals surface area contributed by atoms with Gasteiger partial charge in [-0.25, -0.2) is 0 Å². The molecule has 2 aromatic rings. The summed E-state index contributed by atoms with van der Waals surface area (Å²) in [7, 11) is 0. The molecular weight excluding hydrogens is 341 g/mol. The number of nitrogens with zero attached hydrogens (tertiary/aromatic N) is 1. The van der Waals surface area contributed by atoms with E-state index < -0.39 is 0 Å². The average Bonchev–Trinajstić information content (AvgIpc) is 2.54. The van der Waals surface area contributed by atoms with Crippen LogP contribution in [0.5, 0.6) is 0 Å². The molecule has 0 fully saturated rings. The van der Waals surface area contributed by atoms with Gasteiger partial charge >= 0.3 is 0 Å². The molecule has 0 N–H and O–H groups in total. The Kier molecular flexibility index (Phi) is 4.39. The first-order chi connectivity index (χ1) is 11.3. The number of halogens is 2. The van der Waals surface area contributed by atoms with E-state index in [-0.39, 0.29) is 22.7 Å². The van der Waals surface area contributed by atoms with Gasteiger partial charge in [0, 0.05) is 21.7 Å². The number of carbonyl (C=O) groups excluding carboxylic acids is 1. The Morgan fingerprint density at radius 3 is 2.33 bits per heavy atom. The normalized spacial score (nSPS) is 22.1. The summed E-state index contributed by atoms with van der Waals surface area (Å²) in [5.41, 5.74) is 2.75. The van der Waals surface area contributed by atoms with Crippen molar-refractivity contribution in [3.05, 3.63) is 64.7 Å². The van der Waals surface area contributed by atoms with E-state index in [1.54, 1.807) is 0 Å². The molecule has 24 heavy (non-hydrogen) atoms. The summed E-state index contributed by atoms with van der Waals surface area (Å²) in [6, 6.07) is 16.1. The monoisotopic (exact) mass is 361 g/mol. The van der Waals surface area contributed by atoms with Crippen molar-refractivity contribution in [2.24, 2.45) is 0 Å². The quantitative estimate of drug-likeness (QED) is 0.655. The van der Waals surface area contributed by atoms with Crippen LogP contribution in [-0.4, -0.2) is 17.3 Å². The van der Waals surface area contributed by atoms with Crippen molar-refractivity contribution in [2.45, 2.75) is 38.1 Å². The maximum Gasteiger partial charge on any atom is 0.242 e. The van der Waals surface area contributed by atoms with Crippen LogP contribution in [0.4, 0.5) is 5.69 Å². The molecule has 0 saturated carbocycles. The smallest absolute Gasteiger partial charge is 0.242 e. The Morgan fingerprint density at radius 1 is 1.08 bits per heavy atom. The highest BCUT2D eigenvalue weighted by atomic mass is 35.5. The molecule has 0 bridgehead atoms. The van der Waals surface area contributed by atoms with Crippen molar-refractivity contribution in [3.8, 4) is 0 Å². The molecular formula is C20H21Cl2NO. The molecule has 126 valence electrons. The fourth-order valence-electron chi connectivity index (χ4n) is 4.11. The molecule has 1 amide bonds. The molecule has 0 radical (unpaired) electrons. The van der Waals surface area contributed by atoms with Crippen LogP contribution in [0, 0.1) is 0 Å². The number of hydrogen-bond acceptors (Lipinski definition) is 1. The highest BCUT2D eigenvalue weighted by Crippen LogP contribution is 2.50. The Bertz CT molecular complexity index is 769. The van der Waals surface area contributed by atoms with E-state index in [9.17, 15) is 4.79 Å². The van der Waals surface area contributed by atoms with Crippen LogP contribution in [0.25, 0.3) is 0 Å². The molecule has 3 rings (SSSR count). The maximum atomic E-state index is 12.5. The molecule has 2 nitrogen and oxygen atoms in total. The Hall–Kier alpha value is -1.51. The Labute approximate surface area is 153 Å². The zero-order valence-corrected chi connectivity index (χ0v) is 15.7. The van der Waals surface area contributed by atoms with Gasteiger partial charge < -0.3 is 4.90 Å². The van der Waals surface area contributed by atoms with Crippen LogP contribution >= 0.6 is 23.2 Å². The number of rotatable bonds is 2. The minimum absolute atomic E-state index is 0.0184. The Morgan fingerprint density at radius 2 is 1.71 bits per heavy atom. The van der Waals surface area contributed by atoms with Crippen molar-refractivity contribution >= 4 is 34.8 Å². The van der Waals surface area contributed by atoms with Crippen molar-refractivity contribution in [3.63, 3.8) is 0 Å². The Balaban J connectivity index is 2.23. The largest absolute Gasteiger partial charge is 0.305 e. The maximum absolute atomic E-state index is 12.5. The highest BCUT2D eigenvalue weighted by Gasteiger charge is 2.47. The first kappa shape index (κ1) is 17.3. The fraction of sp³-hybridized carbons (Fsp3) is 0.350. The van der Waals surface area contributed by atoms with E-state index in [0.717, 1.165) is 22.7 Å². The first-order valence-corrected chi connectivity index (χ1v) is 8.95. The molecule has 1 aliphatic rings. The minimum atomic E-state index is -0.339. The van der Waals surface area contributed by atoms with E-state index in [0.29, 0.717) is 0 Å². The first-order valence-electron chi connectivity index (χ1n) is 8.04. The van der Waals surface area contributed by atoms with E-state index in [1.807, 2.05) is 35.2 Å². The molecule has 0 unspecified atom stereocenters. The lowest BCUT2D eigenvalue weighted by atomic mass is 9.65. The summed E-state index contributed by atoms with van der Waals surface area (Å²) in [6.45, 7) is 6.43. The van der Waals surface area contributed by atoms with Gasteiger partial charge in [-0.05, 0) is 49.6 Å². The second kappa shape index (κ2) is 6.09. The van der Waals surface area contributed by atoms with Crippen LogP contribution < -0.4 is 4.90 Å². The number of alkyl halides is 1. The molecule has 0 spiro atoms. The number of amides is 1. The van der Waals surface area contributed by atoms with Crippen LogP contribution in [-0.2, 0) is 10.2 Å². The van der Waals surface area contributed by atoms with Gasteiger partial charge in [0.1, 0.15) is 5.88 Å². The number of benzene rings is 2. The number of anilines is 1. The van der Waals surface area contributed by atoms with Crippen molar-refractivity contribution in [1.29, 1.82) is 0 Å². The summed E-state index contributed by atoms with van der Waals surface area (Å²) < 4.78 is 0. The summed E-state index contributed by atoms with van der Waals surface area (Å²) in [6.07, 6.45) is 0.807. The van der Waals surface area contributed by atoms with Gasteiger partial charge in [0.05, 0.1) is 0 Å². The van der Waals surface area contributed by atoms with Gasteiger partial charge in [0.15, 0.2) is 0 Å². The number of hydrogen-bond donors (Lipinski definition) is 0. The van der Waals surface area contributed by atoms with Crippen molar-refractivity contribution < 1.29 is 4.79 Å². The van der Waals surface area contributed by atoms with Crippen molar-refractivity contribution in [1.82, 2.24) is 0 Å². The zero-order valence-electron chi connectivity index (χ0n) is 14.1. The summed E-state index contributed by atoms with van der Waals surface area (Å²) in [4.78, 5) is 14.4. The third kappa shape index (κ3) is 2.72. The van der Waals surface area contributed by atoms with Gasteiger partial charge in [-0.2, -0.15) is 0 Å². The lowest BCUT2D eigenvalue weighted by Crippen LogP contribution is -2.56. The molecule has 2 aromatic carbocycles. The van der Waals surface area contributed by atoms with Gasteiger partial charge in [0.25, 0.3) is 0 Å². The number of carbonyl (C=O) groups is 1. The lowest BCUT2D eigenvalue weighted by Gasteiger charge is -2.51. The molecule has 0 aliphatic carbocycles. The van der Waals surface area contributed by atoms with Crippen LogP contribution in [0.2, 0.25) is 5.02 Å². The summed E-state index contributed by atoms with van der Waals surface area (Å²) in [5, 5.41) is 0.727. The van der Waals surface area contributed by atoms with E-state index >= 15 is 0 Å². The fourth-order valence-corrected chi connectivity index (χ4v) is 4.35. The second-order valence-electron chi connectivity index (χ2n) is 7.21. The third-order valence-electron chi connectivity index (χ3n) is 4.98. The van der Waals surface area contributed by atoms with Gasteiger partial charge in [-0.3, -0.25) is 4.79 Å². The van der Waals surface area contributed by atoms with E-state index in [1.165, 1.54) is 5.56 Å². The number of fused-ring (bicyclic) bond motifs is 1. The van der Waals surface area contributed by atoms with Crippen LogP contribution in [0.3, 0.4) is 0 Å². The predicted molar refractivity (Wildman–Crippen MR) is 101 cm³/mol. The molecule has 4 heteroatoms. The molecule has 0 saturated heterocycles. The van der Waals surface area contributed by atoms with Crippen LogP contribution in [0.15, 0.2) is 48.5 Å². The SMILES string of the molecule is CC1(C)C[C@@](C)(c2ccc(Cl)cc2)c2ccccc2N1C(=O)CCl. The van der Waals surface area contributed by atoms with Gasteiger partial charge in [-0.1, -0.05) is 48.9 Å². The summed E-state index contributed by atoms with van der Waals surface area (Å²) >= 11 is 11.9. The van der Waals surface area contributed by atoms with Gasteiger partial charge in [0.2, 0.25) is 5.91 Å². The zero-order chi connectivity index (χ0) is 17.5. The standard InChI is InChI=1S/C20H21Cl2NO/c1-19(2)13-20(3,14-8-10-15(22)11-9-14)16-6-4-5-7-17(16)23(19)18(24)12-21/h4-11H,12-13H2,1-3H3/t20-/m0/s1. The second-order valence-corrected chi connectivity index (χ2v) is 7.91. The van der Waals surface area contributed by atoms with Crippen LogP contribution in [0.1, 0.15) is 38.3 Å². The van der Waals surface area contributed by atoms with E-state index in [4.69, 9.17) is 23.2 Å². The molecule has 1 aliphatic heterocycles. The average molecular weight is 362 g/mol. The summed E-state index contributed by atoms with van der Waals surface area (Å²) in [5.74, 6) is -0.0811. The molecule has 1 atom stereocenters. The topological polar surface area (TPSA) is 20.3 Å². The highest BCUT2D eigenvalue weighted by molar-refractivity contribution is 6.30. The lowest BCUT2D eigenvalue weighted by molar-refractivity contribution is -0.117. The predicted octanol–water partition coefficient (Wildman–Crippen LogP) is 5.40. The third-order valence-corrected chi connectivity index (χ3v) is 5.46. The van der Waals surface area contributed by atoms with Gasteiger partial charge in [-0.15, -0.1) is 11.6 Å². The minimum Gasteiger partial charge on any atom is -0.305 e. The molecule has 1 heterocycles. The number of para-hydroxylation sites is 1. The molecule has 0 aromatic heterocycles. The van der Waals surface area contributed by atoms with Crippen molar-refractivity contribution in [2.75, 3.05) is 10.8 Å². The van der Waals surface area contributed by atoms with E-state index in [2.05, 4.69) is 39.0 Å².